The van der Waals surface area contributed by atoms with Gasteiger partial charge in [-0.2, -0.15) is 0 Å². The zero-order valence-corrected chi connectivity index (χ0v) is 10.4. The van der Waals surface area contributed by atoms with Crippen LogP contribution in [0, 0.1) is 6.92 Å². The highest BCUT2D eigenvalue weighted by atomic mass is 32.1. The molecule has 1 rings (SSSR count). The minimum absolute atomic E-state index is 0.0695. The van der Waals surface area contributed by atoms with Crippen LogP contribution >= 0.6 is 11.3 Å². The molecule has 0 fully saturated rings. The molecule has 84 valence electrons. The van der Waals surface area contributed by atoms with Gasteiger partial charge in [0.05, 0.1) is 12.5 Å². The van der Waals surface area contributed by atoms with E-state index in [1.54, 1.807) is 11.3 Å². The Kier molecular flexibility index (Phi) is 4.82. The van der Waals surface area contributed by atoms with Crippen LogP contribution in [0.4, 0.5) is 0 Å². The Morgan fingerprint density at radius 2 is 2.27 bits per heavy atom. The zero-order chi connectivity index (χ0) is 11.3. The number of carbonyl (C=O) groups excluding carboxylic acids is 1. The van der Waals surface area contributed by atoms with Crippen LogP contribution in [-0.2, 0) is 9.53 Å². The van der Waals surface area contributed by atoms with Gasteiger partial charge in [-0.1, -0.05) is 13.3 Å². The van der Waals surface area contributed by atoms with E-state index in [4.69, 9.17) is 4.74 Å². The molecule has 0 aromatic carbocycles. The Bertz CT molecular complexity index is 317. The highest BCUT2D eigenvalue weighted by molar-refractivity contribution is 7.10. The van der Waals surface area contributed by atoms with Gasteiger partial charge in [-0.3, -0.25) is 4.79 Å². The summed E-state index contributed by atoms with van der Waals surface area (Å²) in [5.74, 6) is -0.156. The van der Waals surface area contributed by atoms with Gasteiger partial charge < -0.3 is 4.74 Å². The highest BCUT2D eigenvalue weighted by Crippen LogP contribution is 2.27. The molecule has 15 heavy (non-hydrogen) atoms. The summed E-state index contributed by atoms with van der Waals surface area (Å²) in [6, 6.07) is 2.09. The molecule has 2 nitrogen and oxygen atoms in total. The Morgan fingerprint density at radius 1 is 1.53 bits per heavy atom. The van der Waals surface area contributed by atoms with Gasteiger partial charge in [0.2, 0.25) is 0 Å². The topological polar surface area (TPSA) is 26.3 Å². The second kappa shape index (κ2) is 5.91. The first-order chi connectivity index (χ1) is 7.19. The number of hydrogen-bond acceptors (Lipinski definition) is 3. The molecule has 0 spiro atoms. The average Bonchev–Trinajstić information content (AvgIpc) is 2.61. The summed E-state index contributed by atoms with van der Waals surface area (Å²) < 4.78 is 5.09. The van der Waals surface area contributed by atoms with Crippen LogP contribution in [-0.4, -0.2) is 12.6 Å². The molecule has 1 heterocycles. The fraction of sp³-hybridized carbons (Fsp3) is 0.583. The molecule has 0 aliphatic carbocycles. The minimum Gasteiger partial charge on any atom is -0.466 e. The monoisotopic (exact) mass is 226 g/mol. The van der Waals surface area contributed by atoms with E-state index in [-0.39, 0.29) is 11.9 Å². The number of aryl methyl sites for hydroxylation is 1. The van der Waals surface area contributed by atoms with Crippen molar-refractivity contribution in [2.45, 2.75) is 39.5 Å². The van der Waals surface area contributed by atoms with Crippen molar-refractivity contribution in [3.8, 4) is 0 Å². The van der Waals surface area contributed by atoms with Crippen molar-refractivity contribution in [2.24, 2.45) is 0 Å². The van der Waals surface area contributed by atoms with Gasteiger partial charge in [0, 0.05) is 4.88 Å². The average molecular weight is 226 g/mol. The largest absolute Gasteiger partial charge is 0.466 e. The van der Waals surface area contributed by atoms with Crippen LogP contribution in [0.15, 0.2) is 11.4 Å². The van der Waals surface area contributed by atoms with E-state index in [1.807, 2.05) is 6.92 Å². The maximum Gasteiger partial charge on any atom is 0.313 e. The Labute approximate surface area is 95.3 Å². The van der Waals surface area contributed by atoms with Gasteiger partial charge >= 0.3 is 5.97 Å². The van der Waals surface area contributed by atoms with Crippen LogP contribution < -0.4 is 0 Å². The molecule has 3 heteroatoms. The second-order valence-corrected chi connectivity index (χ2v) is 4.70. The molecule has 0 saturated carbocycles. The van der Waals surface area contributed by atoms with E-state index in [1.165, 1.54) is 4.88 Å². The molecule has 0 amide bonds. The number of rotatable bonds is 5. The van der Waals surface area contributed by atoms with Crippen LogP contribution in [0.25, 0.3) is 0 Å². The van der Waals surface area contributed by atoms with Crippen molar-refractivity contribution in [1.82, 2.24) is 0 Å². The summed E-state index contributed by atoms with van der Waals surface area (Å²) in [4.78, 5) is 13.0. The van der Waals surface area contributed by atoms with Crippen molar-refractivity contribution in [3.05, 3.63) is 21.9 Å². The predicted octanol–water partition coefficient (Wildman–Crippen LogP) is 3.50. The SMILES string of the molecule is CCCC(C(=O)OCC)c1csc(C)c1. The summed E-state index contributed by atoms with van der Waals surface area (Å²) in [7, 11) is 0. The maximum atomic E-state index is 11.7. The molecular formula is C12H18O2S. The van der Waals surface area contributed by atoms with Gasteiger partial charge in [-0.05, 0) is 37.3 Å². The third-order valence-corrected chi connectivity index (χ3v) is 3.18. The summed E-state index contributed by atoms with van der Waals surface area (Å²) in [6.07, 6.45) is 1.87. The summed E-state index contributed by atoms with van der Waals surface area (Å²) in [5.41, 5.74) is 1.11. The van der Waals surface area contributed by atoms with Crippen LogP contribution in [0.1, 0.15) is 43.0 Å². The number of ether oxygens (including phenoxy) is 1. The number of carbonyl (C=O) groups is 1. The molecule has 0 radical (unpaired) electrons. The predicted molar refractivity (Wildman–Crippen MR) is 63.3 cm³/mol. The summed E-state index contributed by atoms with van der Waals surface area (Å²) >= 11 is 1.69. The first-order valence-corrected chi connectivity index (χ1v) is 6.28. The number of esters is 1. The van der Waals surface area contributed by atoms with Crippen molar-refractivity contribution < 1.29 is 9.53 Å². The van der Waals surface area contributed by atoms with Crippen LogP contribution in [0.2, 0.25) is 0 Å². The third kappa shape index (κ3) is 3.34. The molecular weight excluding hydrogens is 208 g/mol. The fourth-order valence-corrected chi connectivity index (χ4v) is 2.36. The Morgan fingerprint density at radius 3 is 2.73 bits per heavy atom. The minimum atomic E-state index is -0.0860. The van der Waals surface area contributed by atoms with E-state index >= 15 is 0 Å². The fourth-order valence-electron chi connectivity index (χ4n) is 1.60. The molecule has 0 aliphatic rings. The van der Waals surface area contributed by atoms with E-state index in [2.05, 4.69) is 25.3 Å². The van der Waals surface area contributed by atoms with E-state index in [9.17, 15) is 4.79 Å². The van der Waals surface area contributed by atoms with Crippen molar-refractivity contribution >= 4 is 17.3 Å². The number of hydrogen-bond donors (Lipinski definition) is 0. The molecule has 1 atom stereocenters. The zero-order valence-electron chi connectivity index (χ0n) is 9.58. The van der Waals surface area contributed by atoms with Gasteiger partial charge in [0.25, 0.3) is 0 Å². The van der Waals surface area contributed by atoms with Gasteiger partial charge in [0.15, 0.2) is 0 Å². The third-order valence-electron chi connectivity index (χ3n) is 2.30. The lowest BCUT2D eigenvalue weighted by atomic mass is 9.97. The number of thiophene rings is 1. The van der Waals surface area contributed by atoms with Crippen molar-refractivity contribution in [2.75, 3.05) is 6.61 Å². The molecule has 0 aliphatic heterocycles. The van der Waals surface area contributed by atoms with Crippen LogP contribution in [0.5, 0.6) is 0 Å². The Balaban J connectivity index is 2.77. The standard InChI is InChI=1S/C12H18O2S/c1-4-6-11(12(13)14-5-2)10-7-9(3)15-8-10/h7-8,11H,4-6H2,1-3H3. The molecule has 0 saturated heterocycles. The molecule has 0 bridgehead atoms. The van der Waals surface area contributed by atoms with Gasteiger partial charge in [-0.15, -0.1) is 11.3 Å². The molecule has 1 aromatic heterocycles. The lowest BCUT2D eigenvalue weighted by molar-refractivity contribution is -0.145. The first kappa shape index (κ1) is 12.2. The Hall–Kier alpha value is -0.830. The first-order valence-electron chi connectivity index (χ1n) is 5.40. The van der Waals surface area contributed by atoms with Crippen LogP contribution in [0.3, 0.4) is 0 Å². The van der Waals surface area contributed by atoms with E-state index < -0.39 is 0 Å². The van der Waals surface area contributed by atoms with Gasteiger partial charge in [0.1, 0.15) is 0 Å². The second-order valence-electron chi connectivity index (χ2n) is 3.58. The highest BCUT2D eigenvalue weighted by Gasteiger charge is 2.21. The molecule has 1 aromatic rings. The van der Waals surface area contributed by atoms with E-state index in [0.717, 1.165) is 18.4 Å². The molecule has 1 unspecified atom stereocenters. The van der Waals surface area contributed by atoms with Gasteiger partial charge in [-0.25, -0.2) is 0 Å². The lowest BCUT2D eigenvalue weighted by Gasteiger charge is -2.13. The normalized spacial score (nSPS) is 12.5. The smallest absolute Gasteiger partial charge is 0.313 e. The summed E-state index contributed by atoms with van der Waals surface area (Å²) in [6.45, 7) is 6.45. The van der Waals surface area contributed by atoms with Crippen molar-refractivity contribution in [3.63, 3.8) is 0 Å². The van der Waals surface area contributed by atoms with E-state index in [0.29, 0.717) is 6.61 Å². The maximum absolute atomic E-state index is 11.7. The van der Waals surface area contributed by atoms with Crippen molar-refractivity contribution in [1.29, 1.82) is 0 Å². The molecule has 0 N–H and O–H groups in total. The summed E-state index contributed by atoms with van der Waals surface area (Å²) in [5, 5.41) is 2.06. The quantitative estimate of drug-likeness (QED) is 0.718. The lowest BCUT2D eigenvalue weighted by Crippen LogP contribution is -2.15.